The van der Waals surface area contributed by atoms with Crippen LogP contribution >= 0.6 is 12.4 Å². The molecular weight excluding hydrogens is 222 g/mol. The summed E-state index contributed by atoms with van der Waals surface area (Å²) in [6.07, 6.45) is 3.61. The second kappa shape index (κ2) is 5.93. The molecule has 1 aliphatic rings. The number of nitrogens with two attached hydrogens (primary N) is 1. The Morgan fingerprint density at radius 1 is 1.21 bits per heavy atom. The zero-order valence-corrected chi connectivity index (χ0v) is 10.2. The zero-order valence-electron chi connectivity index (χ0n) is 8.61. The minimum absolute atomic E-state index is 0. The Morgan fingerprint density at radius 3 is 2.07 bits per heavy atom. The Balaban J connectivity index is 0.00000169. The van der Waals surface area contributed by atoms with E-state index in [1.54, 1.807) is 6.92 Å². The number of sulfone groups is 1. The molecule has 0 unspecified atom stereocenters. The predicted octanol–water partition coefficient (Wildman–Crippen LogP) is 1.36. The molecule has 0 bridgehead atoms. The predicted molar refractivity (Wildman–Crippen MR) is 61.5 cm³/mol. The van der Waals surface area contributed by atoms with Gasteiger partial charge in [0.05, 0.1) is 5.25 Å². The van der Waals surface area contributed by atoms with Gasteiger partial charge in [-0.3, -0.25) is 0 Å². The average Bonchev–Trinajstić information content (AvgIpc) is 2.18. The van der Waals surface area contributed by atoms with Crippen LogP contribution < -0.4 is 5.73 Å². The highest BCUT2D eigenvalue weighted by Gasteiger charge is 2.28. The largest absolute Gasteiger partial charge is 0.330 e. The van der Waals surface area contributed by atoms with Crippen LogP contribution in [0.1, 0.15) is 32.6 Å². The first-order valence-electron chi connectivity index (χ1n) is 5.01. The molecule has 0 aromatic carbocycles. The topological polar surface area (TPSA) is 60.2 Å². The molecule has 14 heavy (non-hydrogen) atoms. The number of hydrogen-bond donors (Lipinski definition) is 1. The highest BCUT2D eigenvalue weighted by molar-refractivity contribution is 7.92. The average molecular weight is 242 g/mol. The molecule has 1 rings (SSSR count). The summed E-state index contributed by atoms with van der Waals surface area (Å²) in [5, 5.41) is -0.0831. The maximum atomic E-state index is 11.5. The lowest BCUT2D eigenvalue weighted by atomic mass is 9.89. The smallest absolute Gasteiger partial charge is 0.152 e. The maximum Gasteiger partial charge on any atom is 0.152 e. The van der Waals surface area contributed by atoms with Gasteiger partial charge < -0.3 is 5.73 Å². The van der Waals surface area contributed by atoms with Gasteiger partial charge in [0.1, 0.15) is 0 Å². The molecular formula is C9H20ClNO2S. The van der Waals surface area contributed by atoms with Crippen molar-refractivity contribution in [2.45, 2.75) is 37.9 Å². The molecule has 1 aliphatic carbocycles. The van der Waals surface area contributed by atoms with Gasteiger partial charge in [-0.25, -0.2) is 8.42 Å². The van der Waals surface area contributed by atoms with Crippen LogP contribution in [0, 0.1) is 5.92 Å². The molecule has 1 saturated carbocycles. The SMILES string of the molecule is CCS(=O)(=O)C1CCC(CN)CC1.Cl. The quantitative estimate of drug-likeness (QED) is 0.812. The van der Waals surface area contributed by atoms with Crippen molar-refractivity contribution in [3.63, 3.8) is 0 Å². The van der Waals surface area contributed by atoms with Crippen molar-refractivity contribution in [3.05, 3.63) is 0 Å². The standard InChI is InChI=1S/C9H19NO2S.ClH/c1-2-13(11,12)9-5-3-8(7-10)4-6-9;/h8-9H,2-7,10H2,1H3;1H. The van der Waals surface area contributed by atoms with E-state index in [2.05, 4.69) is 0 Å². The summed E-state index contributed by atoms with van der Waals surface area (Å²) in [6, 6.07) is 0. The van der Waals surface area contributed by atoms with Crippen LogP contribution in [0.25, 0.3) is 0 Å². The van der Waals surface area contributed by atoms with Crippen LogP contribution in [-0.4, -0.2) is 26.0 Å². The molecule has 0 aromatic rings. The second-order valence-electron chi connectivity index (χ2n) is 3.83. The third-order valence-corrected chi connectivity index (χ3v) is 5.33. The highest BCUT2D eigenvalue weighted by Crippen LogP contribution is 2.27. The van der Waals surface area contributed by atoms with Gasteiger partial charge in [0.2, 0.25) is 0 Å². The first kappa shape index (κ1) is 14.2. The van der Waals surface area contributed by atoms with E-state index in [0.29, 0.717) is 12.5 Å². The lowest BCUT2D eigenvalue weighted by Gasteiger charge is -2.26. The Hall–Kier alpha value is 0.200. The van der Waals surface area contributed by atoms with Gasteiger partial charge >= 0.3 is 0 Å². The van der Waals surface area contributed by atoms with Crippen LogP contribution in [-0.2, 0) is 9.84 Å². The Bertz CT molecular complexity index is 246. The van der Waals surface area contributed by atoms with Crippen molar-refractivity contribution in [2.24, 2.45) is 11.7 Å². The van der Waals surface area contributed by atoms with Crippen LogP contribution in [0.5, 0.6) is 0 Å². The molecule has 0 amide bonds. The fourth-order valence-electron chi connectivity index (χ4n) is 1.96. The number of rotatable bonds is 3. The van der Waals surface area contributed by atoms with E-state index in [0.717, 1.165) is 25.7 Å². The van der Waals surface area contributed by atoms with Gasteiger partial charge in [-0.15, -0.1) is 12.4 Å². The summed E-state index contributed by atoms with van der Waals surface area (Å²) >= 11 is 0. The Kier molecular flexibility index (Phi) is 6.02. The fourth-order valence-corrected chi connectivity index (χ4v) is 3.42. The Morgan fingerprint density at radius 2 is 1.71 bits per heavy atom. The molecule has 0 spiro atoms. The molecule has 1 fully saturated rings. The van der Waals surface area contributed by atoms with Crippen molar-refractivity contribution >= 4 is 22.2 Å². The normalized spacial score (nSPS) is 28.1. The van der Waals surface area contributed by atoms with Crippen LogP contribution in [0.15, 0.2) is 0 Å². The summed E-state index contributed by atoms with van der Waals surface area (Å²) in [6.45, 7) is 2.43. The Labute approximate surface area is 92.8 Å². The van der Waals surface area contributed by atoms with Crippen molar-refractivity contribution < 1.29 is 8.42 Å². The van der Waals surface area contributed by atoms with E-state index in [4.69, 9.17) is 5.73 Å². The lowest BCUT2D eigenvalue weighted by Crippen LogP contribution is -2.30. The van der Waals surface area contributed by atoms with Crippen molar-refractivity contribution in [2.75, 3.05) is 12.3 Å². The van der Waals surface area contributed by atoms with E-state index in [1.165, 1.54) is 0 Å². The van der Waals surface area contributed by atoms with Crippen molar-refractivity contribution in [1.29, 1.82) is 0 Å². The summed E-state index contributed by atoms with van der Waals surface area (Å²) < 4.78 is 23.0. The maximum absolute atomic E-state index is 11.5. The molecule has 86 valence electrons. The van der Waals surface area contributed by atoms with Gasteiger partial charge in [0.15, 0.2) is 9.84 Å². The summed E-state index contributed by atoms with van der Waals surface area (Å²) in [5.74, 6) is 0.841. The molecule has 0 atom stereocenters. The van der Waals surface area contributed by atoms with Gasteiger partial charge in [-0.1, -0.05) is 6.92 Å². The minimum Gasteiger partial charge on any atom is -0.330 e. The van der Waals surface area contributed by atoms with E-state index >= 15 is 0 Å². The van der Waals surface area contributed by atoms with Gasteiger partial charge in [-0.2, -0.15) is 0 Å². The van der Waals surface area contributed by atoms with E-state index < -0.39 is 9.84 Å². The summed E-state index contributed by atoms with van der Waals surface area (Å²) in [5.41, 5.74) is 5.54. The minimum atomic E-state index is -2.79. The van der Waals surface area contributed by atoms with Gasteiger partial charge in [-0.05, 0) is 38.1 Å². The molecule has 0 radical (unpaired) electrons. The third kappa shape index (κ3) is 3.41. The van der Waals surface area contributed by atoms with Crippen LogP contribution in [0.4, 0.5) is 0 Å². The van der Waals surface area contributed by atoms with Crippen molar-refractivity contribution in [3.8, 4) is 0 Å². The third-order valence-electron chi connectivity index (χ3n) is 3.04. The summed E-state index contributed by atoms with van der Waals surface area (Å²) in [7, 11) is -2.79. The first-order valence-corrected chi connectivity index (χ1v) is 6.73. The zero-order chi connectivity index (χ0) is 9.90. The van der Waals surface area contributed by atoms with E-state index in [9.17, 15) is 8.42 Å². The molecule has 0 aliphatic heterocycles. The lowest BCUT2D eigenvalue weighted by molar-refractivity contribution is 0.364. The fraction of sp³-hybridized carbons (Fsp3) is 1.00. The molecule has 2 N–H and O–H groups in total. The molecule has 0 saturated heterocycles. The van der Waals surface area contributed by atoms with Crippen molar-refractivity contribution in [1.82, 2.24) is 0 Å². The molecule has 5 heteroatoms. The molecule has 3 nitrogen and oxygen atoms in total. The monoisotopic (exact) mass is 241 g/mol. The van der Waals surface area contributed by atoms with Gasteiger partial charge in [0.25, 0.3) is 0 Å². The number of halogens is 1. The van der Waals surface area contributed by atoms with E-state index in [-0.39, 0.29) is 23.4 Å². The van der Waals surface area contributed by atoms with Crippen LogP contribution in [0.3, 0.4) is 0 Å². The van der Waals surface area contributed by atoms with E-state index in [1.807, 2.05) is 0 Å². The summed E-state index contributed by atoms with van der Waals surface area (Å²) in [4.78, 5) is 0. The second-order valence-corrected chi connectivity index (χ2v) is 6.40. The van der Waals surface area contributed by atoms with Gasteiger partial charge in [0, 0.05) is 5.75 Å². The first-order chi connectivity index (χ1) is 6.10. The van der Waals surface area contributed by atoms with Crippen LogP contribution in [0.2, 0.25) is 0 Å². The molecule has 0 heterocycles. The number of hydrogen-bond acceptors (Lipinski definition) is 3. The highest BCUT2D eigenvalue weighted by atomic mass is 35.5. The molecule has 0 aromatic heterocycles.